The van der Waals surface area contributed by atoms with Crippen LogP contribution >= 0.6 is 11.8 Å². The molecule has 0 bridgehead atoms. The highest BCUT2D eigenvalue weighted by molar-refractivity contribution is 7.99. The molecule has 4 rings (SSSR count). The van der Waals surface area contributed by atoms with E-state index in [0.29, 0.717) is 23.1 Å². The topological polar surface area (TPSA) is 85.1 Å². The first kappa shape index (κ1) is 17.5. The Morgan fingerprint density at radius 1 is 1.15 bits per heavy atom. The number of benzene rings is 2. The maximum atomic E-state index is 12.4. The number of nitrogens with one attached hydrogen (secondary N) is 1. The Bertz CT molecular complexity index is 1060. The largest absolute Gasteiger partial charge is 0.411 e. The van der Waals surface area contributed by atoms with Crippen LogP contribution in [0.2, 0.25) is 0 Å². The van der Waals surface area contributed by atoms with E-state index in [1.807, 2.05) is 32.0 Å². The summed E-state index contributed by atoms with van der Waals surface area (Å²) >= 11 is 1.21. The van der Waals surface area contributed by atoms with Gasteiger partial charge in [0.05, 0.1) is 12.2 Å². The van der Waals surface area contributed by atoms with E-state index in [-0.39, 0.29) is 17.4 Å². The first-order valence-corrected chi connectivity index (χ1v) is 9.48. The molecule has 1 aliphatic heterocycles. The van der Waals surface area contributed by atoms with Crippen molar-refractivity contribution in [3.05, 3.63) is 58.7 Å². The first-order chi connectivity index (χ1) is 13.0. The van der Waals surface area contributed by atoms with Crippen molar-refractivity contribution < 1.29 is 14.0 Å². The van der Waals surface area contributed by atoms with Gasteiger partial charge in [-0.3, -0.25) is 9.59 Å². The third-order valence-electron chi connectivity index (χ3n) is 4.54. The van der Waals surface area contributed by atoms with Crippen molar-refractivity contribution in [2.24, 2.45) is 0 Å². The lowest BCUT2D eigenvalue weighted by Gasteiger charge is -2.03. The number of Topliss-reactive ketones (excluding diaryl/α,β-unsaturated/α-hetero) is 1. The molecule has 0 radical (unpaired) electrons. The number of nitrogens with zero attached hydrogens (tertiary/aromatic N) is 2. The fourth-order valence-corrected chi connectivity index (χ4v) is 3.53. The molecule has 3 aromatic rings. The minimum absolute atomic E-state index is 0.0475. The molecule has 0 saturated carbocycles. The highest BCUT2D eigenvalue weighted by atomic mass is 32.2. The van der Waals surface area contributed by atoms with Crippen molar-refractivity contribution in [2.75, 3.05) is 11.1 Å². The minimum Gasteiger partial charge on any atom is -0.411 e. The summed E-state index contributed by atoms with van der Waals surface area (Å²) in [5.41, 5.74) is 5.42. The van der Waals surface area contributed by atoms with Crippen LogP contribution < -0.4 is 5.32 Å². The van der Waals surface area contributed by atoms with Crippen molar-refractivity contribution >= 4 is 29.1 Å². The average Bonchev–Trinajstić information content (AvgIpc) is 3.26. The van der Waals surface area contributed by atoms with Crippen molar-refractivity contribution in [1.29, 1.82) is 0 Å². The van der Waals surface area contributed by atoms with E-state index in [1.165, 1.54) is 17.3 Å². The Morgan fingerprint density at radius 3 is 2.81 bits per heavy atom. The summed E-state index contributed by atoms with van der Waals surface area (Å²) in [5, 5.41) is 11.2. The predicted molar refractivity (Wildman–Crippen MR) is 103 cm³/mol. The number of hydrogen-bond donors (Lipinski definition) is 1. The number of aryl methyl sites for hydroxylation is 2. The molecule has 0 saturated heterocycles. The molecule has 1 aliphatic rings. The van der Waals surface area contributed by atoms with Gasteiger partial charge in [-0.25, -0.2) is 0 Å². The SMILES string of the molecule is Cc1ccc(-c2nnc(SCC(=O)c3ccc4c(c3)CC(=O)N4)o2)cc1C. The number of carbonyl (C=O) groups excluding carboxylic acids is 2. The normalized spacial score (nSPS) is 12.7. The molecule has 1 N–H and O–H groups in total. The number of fused-ring (bicyclic) bond motifs is 1. The Kier molecular flexibility index (Phi) is 4.53. The van der Waals surface area contributed by atoms with E-state index in [0.717, 1.165) is 22.4 Å². The molecular formula is C20H17N3O3S. The molecule has 1 aromatic heterocycles. The van der Waals surface area contributed by atoms with Crippen LogP contribution in [0.1, 0.15) is 27.0 Å². The van der Waals surface area contributed by atoms with Crippen molar-refractivity contribution in [3.63, 3.8) is 0 Å². The molecular weight excluding hydrogens is 362 g/mol. The highest BCUT2D eigenvalue weighted by Crippen LogP contribution is 2.27. The number of anilines is 1. The van der Waals surface area contributed by atoms with Gasteiger partial charge in [-0.05, 0) is 60.9 Å². The summed E-state index contributed by atoms with van der Waals surface area (Å²) in [6.45, 7) is 4.08. The van der Waals surface area contributed by atoms with Crippen LogP contribution in [-0.4, -0.2) is 27.6 Å². The lowest BCUT2D eigenvalue weighted by atomic mass is 10.1. The summed E-state index contributed by atoms with van der Waals surface area (Å²) in [7, 11) is 0. The lowest BCUT2D eigenvalue weighted by molar-refractivity contribution is -0.115. The van der Waals surface area contributed by atoms with E-state index in [1.54, 1.807) is 18.2 Å². The summed E-state index contributed by atoms with van der Waals surface area (Å²) in [4.78, 5) is 23.9. The fourth-order valence-electron chi connectivity index (χ4n) is 2.87. The molecule has 0 fully saturated rings. The fraction of sp³-hybridized carbons (Fsp3) is 0.200. The van der Waals surface area contributed by atoms with E-state index in [4.69, 9.17) is 4.42 Å². The molecule has 1 amide bonds. The second kappa shape index (κ2) is 7.00. The highest BCUT2D eigenvalue weighted by Gasteiger charge is 2.19. The molecule has 0 spiro atoms. The van der Waals surface area contributed by atoms with Crippen LogP contribution in [-0.2, 0) is 11.2 Å². The number of ketones is 1. The van der Waals surface area contributed by atoms with Crippen molar-refractivity contribution in [1.82, 2.24) is 10.2 Å². The van der Waals surface area contributed by atoms with Gasteiger partial charge in [-0.1, -0.05) is 17.8 Å². The molecule has 6 nitrogen and oxygen atoms in total. The van der Waals surface area contributed by atoms with Crippen LogP contribution in [0.15, 0.2) is 46.0 Å². The van der Waals surface area contributed by atoms with E-state index < -0.39 is 0 Å². The number of rotatable bonds is 5. The number of amides is 1. The van der Waals surface area contributed by atoms with Crippen LogP contribution in [0.3, 0.4) is 0 Å². The van der Waals surface area contributed by atoms with Gasteiger partial charge in [0.25, 0.3) is 5.22 Å². The zero-order valence-corrected chi connectivity index (χ0v) is 15.7. The monoisotopic (exact) mass is 379 g/mol. The first-order valence-electron chi connectivity index (χ1n) is 8.49. The molecule has 7 heteroatoms. The summed E-state index contributed by atoms with van der Waals surface area (Å²) in [6, 6.07) is 11.2. The summed E-state index contributed by atoms with van der Waals surface area (Å²) < 4.78 is 5.67. The number of hydrogen-bond acceptors (Lipinski definition) is 6. The van der Waals surface area contributed by atoms with Gasteiger partial charge in [-0.15, -0.1) is 10.2 Å². The van der Waals surface area contributed by atoms with Crippen molar-refractivity contribution in [2.45, 2.75) is 25.5 Å². The van der Waals surface area contributed by atoms with E-state index >= 15 is 0 Å². The smallest absolute Gasteiger partial charge is 0.277 e. The third-order valence-corrected chi connectivity index (χ3v) is 5.36. The molecule has 27 heavy (non-hydrogen) atoms. The summed E-state index contributed by atoms with van der Waals surface area (Å²) in [6.07, 6.45) is 0.312. The van der Waals surface area contributed by atoms with Gasteiger partial charge >= 0.3 is 0 Å². The Hall–Kier alpha value is -2.93. The minimum atomic E-state index is -0.0481. The zero-order valence-electron chi connectivity index (χ0n) is 14.9. The maximum absolute atomic E-state index is 12.4. The zero-order chi connectivity index (χ0) is 19.0. The second-order valence-electron chi connectivity index (χ2n) is 6.48. The average molecular weight is 379 g/mol. The molecule has 2 aromatic carbocycles. The third kappa shape index (κ3) is 3.64. The van der Waals surface area contributed by atoms with Gasteiger partial charge in [0.1, 0.15) is 0 Å². The van der Waals surface area contributed by atoms with Gasteiger partial charge in [0, 0.05) is 16.8 Å². The van der Waals surface area contributed by atoms with Gasteiger partial charge in [-0.2, -0.15) is 0 Å². The molecule has 2 heterocycles. The molecule has 0 aliphatic carbocycles. The van der Waals surface area contributed by atoms with Gasteiger partial charge in [0.15, 0.2) is 5.78 Å². The Balaban J connectivity index is 1.43. The second-order valence-corrected chi connectivity index (χ2v) is 7.41. The van der Waals surface area contributed by atoms with E-state index in [2.05, 4.69) is 15.5 Å². The maximum Gasteiger partial charge on any atom is 0.277 e. The molecule has 0 atom stereocenters. The molecule has 136 valence electrons. The van der Waals surface area contributed by atoms with E-state index in [9.17, 15) is 9.59 Å². The van der Waals surface area contributed by atoms with Crippen LogP contribution in [0.25, 0.3) is 11.5 Å². The number of thioether (sulfide) groups is 1. The van der Waals surface area contributed by atoms with Crippen LogP contribution in [0.5, 0.6) is 0 Å². The van der Waals surface area contributed by atoms with Crippen LogP contribution in [0, 0.1) is 13.8 Å². The van der Waals surface area contributed by atoms with Crippen LogP contribution in [0.4, 0.5) is 5.69 Å². The van der Waals surface area contributed by atoms with Gasteiger partial charge in [0.2, 0.25) is 11.8 Å². The molecule has 0 unspecified atom stereocenters. The standard InChI is InChI=1S/C20H17N3O3S/c1-11-3-4-14(7-12(11)2)19-22-23-20(26-19)27-10-17(24)13-5-6-16-15(8-13)9-18(25)21-16/h3-8H,9-10H2,1-2H3,(H,21,25). The number of aromatic nitrogens is 2. The number of carbonyl (C=O) groups is 2. The quantitative estimate of drug-likeness (QED) is 0.536. The van der Waals surface area contributed by atoms with Crippen molar-refractivity contribution in [3.8, 4) is 11.5 Å². The summed E-state index contributed by atoms with van der Waals surface area (Å²) in [5.74, 6) is 0.534. The Morgan fingerprint density at radius 2 is 2.00 bits per heavy atom. The lowest BCUT2D eigenvalue weighted by Crippen LogP contribution is -2.03. The Labute approximate surface area is 160 Å². The van der Waals surface area contributed by atoms with Gasteiger partial charge < -0.3 is 9.73 Å². The predicted octanol–water partition coefficient (Wildman–Crippen LogP) is 3.82.